The van der Waals surface area contributed by atoms with Crippen molar-refractivity contribution in [1.29, 1.82) is 0 Å². The standard InChI is InChI=1S/C20H24N2O2/c1-21(20(23)10-9-16-6-5-12-24-13-11-16)15-18-14-17-7-3-4-8-19(17)22(18)2/h3-10,14,16H,11-13,15H2,1-2H3. The molecule has 2 heterocycles. The normalized spacial score (nSPS) is 18.2. The number of fused-ring (bicyclic) bond motifs is 1. The lowest BCUT2D eigenvalue weighted by molar-refractivity contribution is -0.125. The van der Waals surface area contributed by atoms with Crippen LogP contribution in [0, 0.1) is 5.92 Å². The molecule has 1 aromatic carbocycles. The maximum atomic E-state index is 12.4. The molecule has 3 rings (SSSR count). The number of benzene rings is 1. The molecule has 126 valence electrons. The monoisotopic (exact) mass is 324 g/mol. The summed E-state index contributed by atoms with van der Waals surface area (Å²) in [5.41, 5.74) is 2.32. The molecule has 1 aliphatic rings. The van der Waals surface area contributed by atoms with Crippen molar-refractivity contribution in [2.24, 2.45) is 13.0 Å². The summed E-state index contributed by atoms with van der Waals surface area (Å²) in [6.45, 7) is 2.00. The van der Waals surface area contributed by atoms with Gasteiger partial charge in [0.1, 0.15) is 0 Å². The van der Waals surface area contributed by atoms with Gasteiger partial charge in [-0.05, 0) is 35.9 Å². The van der Waals surface area contributed by atoms with E-state index in [0.29, 0.717) is 13.2 Å². The van der Waals surface area contributed by atoms with Crippen LogP contribution in [0.5, 0.6) is 0 Å². The van der Waals surface area contributed by atoms with Crippen molar-refractivity contribution in [2.45, 2.75) is 13.0 Å². The topological polar surface area (TPSA) is 34.5 Å². The van der Waals surface area contributed by atoms with E-state index in [1.54, 1.807) is 11.0 Å². The SMILES string of the molecule is CN(Cc1cc2ccccc2n1C)C(=O)C=CC1C=CCOCC1. The summed E-state index contributed by atoms with van der Waals surface area (Å²) in [6.07, 6.45) is 8.72. The van der Waals surface area contributed by atoms with Crippen LogP contribution in [-0.2, 0) is 23.1 Å². The Hall–Kier alpha value is -2.33. The van der Waals surface area contributed by atoms with Crippen molar-refractivity contribution < 1.29 is 9.53 Å². The van der Waals surface area contributed by atoms with E-state index in [4.69, 9.17) is 4.74 Å². The molecule has 0 fully saturated rings. The molecule has 24 heavy (non-hydrogen) atoms. The molecule has 2 aromatic rings. The van der Waals surface area contributed by atoms with Crippen LogP contribution < -0.4 is 0 Å². The highest BCUT2D eigenvalue weighted by atomic mass is 16.5. The van der Waals surface area contributed by atoms with Crippen LogP contribution in [-0.4, -0.2) is 35.6 Å². The van der Waals surface area contributed by atoms with Crippen molar-refractivity contribution in [3.8, 4) is 0 Å². The van der Waals surface area contributed by atoms with Gasteiger partial charge in [-0.25, -0.2) is 0 Å². The Morgan fingerprint density at radius 2 is 2.25 bits per heavy atom. The first kappa shape index (κ1) is 16.5. The van der Waals surface area contributed by atoms with E-state index in [2.05, 4.69) is 28.8 Å². The molecule has 4 nitrogen and oxygen atoms in total. The second kappa shape index (κ2) is 7.49. The third-order valence-electron chi connectivity index (χ3n) is 4.51. The van der Waals surface area contributed by atoms with Crippen LogP contribution >= 0.6 is 0 Å². The van der Waals surface area contributed by atoms with Crippen molar-refractivity contribution in [1.82, 2.24) is 9.47 Å². The Morgan fingerprint density at radius 1 is 1.42 bits per heavy atom. The molecule has 4 heteroatoms. The number of carbonyl (C=O) groups is 1. The van der Waals surface area contributed by atoms with E-state index in [1.165, 1.54) is 10.9 Å². The second-order valence-electron chi connectivity index (χ2n) is 6.26. The Morgan fingerprint density at radius 3 is 3.08 bits per heavy atom. The zero-order chi connectivity index (χ0) is 16.9. The number of hydrogen-bond donors (Lipinski definition) is 0. The highest BCUT2D eigenvalue weighted by Crippen LogP contribution is 2.19. The number of likely N-dealkylation sites (N-methyl/N-ethyl adjacent to an activating group) is 1. The van der Waals surface area contributed by atoms with Crippen LogP contribution in [0.3, 0.4) is 0 Å². The van der Waals surface area contributed by atoms with Gasteiger partial charge in [0.25, 0.3) is 0 Å². The molecule has 1 atom stereocenters. The fourth-order valence-electron chi connectivity index (χ4n) is 3.01. The third-order valence-corrected chi connectivity index (χ3v) is 4.51. The van der Waals surface area contributed by atoms with Gasteiger partial charge in [-0.1, -0.05) is 36.4 Å². The minimum absolute atomic E-state index is 0.0267. The number of carbonyl (C=O) groups excluding carboxylic acids is 1. The van der Waals surface area contributed by atoms with E-state index in [0.717, 1.165) is 18.7 Å². The number of rotatable bonds is 4. The van der Waals surface area contributed by atoms with Gasteiger partial charge in [0, 0.05) is 31.9 Å². The first-order chi connectivity index (χ1) is 11.6. The Bertz CT molecular complexity index is 773. The van der Waals surface area contributed by atoms with Gasteiger partial charge in [0.2, 0.25) is 5.91 Å². The summed E-state index contributed by atoms with van der Waals surface area (Å²) in [5, 5.41) is 1.20. The highest BCUT2D eigenvalue weighted by molar-refractivity contribution is 5.87. The van der Waals surface area contributed by atoms with E-state index in [1.807, 2.05) is 38.4 Å². The van der Waals surface area contributed by atoms with Gasteiger partial charge in [-0.2, -0.15) is 0 Å². The molecule has 1 aromatic heterocycles. The van der Waals surface area contributed by atoms with Crippen molar-refractivity contribution in [3.05, 3.63) is 60.3 Å². The molecule has 0 radical (unpaired) electrons. The van der Waals surface area contributed by atoms with Gasteiger partial charge in [-0.15, -0.1) is 0 Å². The van der Waals surface area contributed by atoms with Gasteiger partial charge in [0.05, 0.1) is 13.2 Å². The number of amides is 1. The fourth-order valence-corrected chi connectivity index (χ4v) is 3.01. The van der Waals surface area contributed by atoms with E-state index in [9.17, 15) is 4.79 Å². The molecule has 0 spiro atoms. The largest absolute Gasteiger partial charge is 0.377 e. The van der Waals surface area contributed by atoms with Gasteiger partial charge in [0.15, 0.2) is 0 Å². The quantitative estimate of drug-likeness (QED) is 0.639. The number of allylic oxidation sites excluding steroid dienone is 2. The predicted octanol–water partition coefficient (Wildman–Crippen LogP) is 3.29. The maximum Gasteiger partial charge on any atom is 0.246 e. The molecule has 0 aliphatic carbocycles. The second-order valence-corrected chi connectivity index (χ2v) is 6.26. The lowest BCUT2D eigenvalue weighted by Crippen LogP contribution is -2.25. The Labute approximate surface area is 143 Å². The minimum Gasteiger partial charge on any atom is -0.377 e. The zero-order valence-electron chi connectivity index (χ0n) is 14.3. The summed E-state index contributed by atoms with van der Waals surface area (Å²) in [4.78, 5) is 14.1. The van der Waals surface area contributed by atoms with E-state index in [-0.39, 0.29) is 11.8 Å². The molecule has 1 unspecified atom stereocenters. The fraction of sp³-hybridized carbons (Fsp3) is 0.350. The van der Waals surface area contributed by atoms with Gasteiger partial charge < -0.3 is 14.2 Å². The van der Waals surface area contributed by atoms with Crippen LogP contribution in [0.4, 0.5) is 0 Å². The summed E-state index contributed by atoms with van der Waals surface area (Å²) in [5.74, 6) is 0.307. The smallest absolute Gasteiger partial charge is 0.246 e. The molecule has 0 saturated heterocycles. The molecule has 0 saturated carbocycles. The predicted molar refractivity (Wildman–Crippen MR) is 96.6 cm³/mol. The van der Waals surface area contributed by atoms with Crippen LogP contribution in [0.1, 0.15) is 12.1 Å². The van der Waals surface area contributed by atoms with Gasteiger partial charge >= 0.3 is 0 Å². The van der Waals surface area contributed by atoms with Crippen LogP contribution in [0.15, 0.2) is 54.6 Å². The molecule has 0 N–H and O–H groups in total. The molecule has 0 bridgehead atoms. The lowest BCUT2D eigenvalue weighted by atomic mass is 10.1. The number of nitrogens with zero attached hydrogens (tertiary/aromatic N) is 2. The van der Waals surface area contributed by atoms with E-state index >= 15 is 0 Å². The van der Waals surface area contributed by atoms with Gasteiger partial charge in [-0.3, -0.25) is 4.79 Å². The Balaban J connectivity index is 1.65. The average Bonchev–Trinajstić information content (AvgIpc) is 2.78. The molecular formula is C20H24N2O2. The van der Waals surface area contributed by atoms with Crippen molar-refractivity contribution in [3.63, 3.8) is 0 Å². The number of ether oxygens (including phenoxy) is 1. The van der Waals surface area contributed by atoms with Crippen molar-refractivity contribution in [2.75, 3.05) is 20.3 Å². The lowest BCUT2D eigenvalue weighted by Gasteiger charge is -2.16. The van der Waals surface area contributed by atoms with E-state index < -0.39 is 0 Å². The molecule has 1 aliphatic heterocycles. The minimum atomic E-state index is 0.0267. The zero-order valence-corrected chi connectivity index (χ0v) is 14.3. The first-order valence-electron chi connectivity index (χ1n) is 8.36. The number of para-hydroxylation sites is 1. The maximum absolute atomic E-state index is 12.4. The number of aryl methyl sites for hydroxylation is 1. The van der Waals surface area contributed by atoms with Crippen LogP contribution in [0.25, 0.3) is 10.9 Å². The molecular weight excluding hydrogens is 300 g/mol. The van der Waals surface area contributed by atoms with Crippen LogP contribution in [0.2, 0.25) is 0 Å². The summed E-state index contributed by atoms with van der Waals surface area (Å²) in [7, 11) is 3.89. The summed E-state index contributed by atoms with van der Waals surface area (Å²) >= 11 is 0. The summed E-state index contributed by atoms with van der Waals surface area (Å²) < 4.78 is 7.53. The first-order valence-corrected chi connectivity index (χ1v) is 8.36. The van der Waals surface area contributed by atoms with Crippen molar-refractivity contribution >= 4 is 16.8 Å². The molecule has 1 amide bonds. The average molecular weight is 324 g/mol. The Kier molecular flexibility index (Phi) is 5.16. The number of aromatic nitrogens is 1. The highest BCUT2D eigenvalue weighted by Gasteiger charge is 2.11. The summed E-state index contributed by atoms with van der Waals surface area (Å²) in [6, 6.07) is 10.4. The number of hydrogen-bond acceptors (Lipinski definition) is 2. The third kappa shape index (κ3) is 3.77.